The minimum Gasteiger partial charge on any atom is -0.377 e. The van der Waals surface area contributed by atoms with Gasteiger partial charge in [0.25, 0.3) is 0 Å². The van der Waals surface area contributed by atoms with Gasteiger partial charge in [-0.25, -0.2) is 0 Å². The SMILES string of the molecule is CC(=O)c1ccccc1NC(=O)CN(Cc1ccccc1)CC1CCCO1. The number of anilines is 1. The molecule has 5 heteroatoms. The van der Waals surface area contributed by atoms with Crippen LogP contribution in [0.3, 0.4) is 0 Å². The molecule has 1 fully saturated rings. The van der Waals surface area contributed by atoms with E-state index >= 15 is 0 Å². The summed E-state index contributed by atoms with van der Waals surface area (Å²) in [6.45, 7) is 3.95. The van der Waals surface area contributed by atoms with Crippen LogP contribution in [0, 0.1) is 0 Å². The third kappa shape index (κ3) is 5.74. The van der Waals surface area contributed by atoms with Crippen LogP contribution in [0.4, 0.5) is 5.69 Å². The van der Waals surface area contributed by atoms with Gasteiger partial charge in [0.2, 0.25) is 5.91 Å². The van der Waals surface area contributed by atoms with Crippen LogP contribution in [0.2, 0.25) is 0 Å². The van der Waals surface area contributed by atoms with Gasteiger partial charge in [-0.15, -0.1) is 0 Å². The van der Waals surface area contributed by atoms with Crippen LogP contribution < -0.4 is 5.32 Å². The highest BCUT2D eigenvalue weighted by atomic mass is 16.5. The molecule has 0 bridgehead atoms. The summed E-state index contributed by atoms with van der Waals surface area (Å²) in [5.41, 5.74) is 2.25. The average Bonchev–Trinajstić information content (AvgIpc) is 3.15. The summed E-state index contributed by atoms with van der Waals surface area (Å²) >= 11 is 0. The van der Waals surface area contributed by atoms with Crippen LogP contribution in [-0.2, 0) is 16.1 Å². The van der Waals surface area contributed by atoms with Crippen molar-refractivity contribution in [3.05, 3.63) is 65.7 Å². The molecule has 1 amide bonds. The summed E-state index contributed by atoms with van der Waals surface area (Å²) in [4.78, 5) is 26.5. The maximum atomic E-state index is 12.7. The summed E-state index contributed by atoms with van der Waals surface area (Å²) in [6.07, 6.45) is 2.27. The van der Waals surface area contributed by atoms with E-state index in [2.05, 4.69) is 22.3 Å². The molecule has 3 rings (SSSR count). The van der Waals surface area contributed by atoms with Gasteiger partial charge in [-0.05, 0) is 37.5 Å². The first-order valence-corrected chi connectivity index (χ1v) is 9.39. The lowest BCUT2D eigenvalue weighted by atomic mass is 10.1. The minimum absolute atomic E-state index is 0.0635. The molecule has 142 valence electrons. The number of hydrogen-bond donors (Lipinski definition) is 1. The Morgan fingerprint density at radius 2 is 1.85 bits per heavy atom. The van der Waals surface area contributed by atoms with Crippen LogP contribution in [0.15, 0.2) is 54.6 Å². The highest BCUT2D eigenvalue weighted by Gasteiger charge is 2.21. The van der Waals surface area contributed by atoms with E-state index in [1.807, 2.05) is 24.3 Å². The molecular weight excluding hydrogens is 340 g/mol. The van der Waals surface area contributed by atoms with Crippen LogP contribution in [0.1, 0.15) is 35.7 Å². The third-order valence-corrected chi connectivity index (χ3v) is 4.68. The number of Topliss-reactive ketones (excluding diaryl/α,β-unsaturated/α-hetero) is 1. The Kier molecular flexibility index (Phi) is 6.74. The van der Waals surface area contributed by atoms with Gasteiger partial charge < -0.3 is 10.1 Å². The van der Waals surface area contributed by atoms with E-state index in [9.17, 15) is 9.59 Å². The molecule has 1 saturated heterocycles. The number of ether oxygens (including phenoxy) is 1. The summed E-state index contributed by atoms with van der Waals surface area (Å²) in [6, 6.07) is 17.2. The number of carbonyl (C=O) groups excluding carboxylic acids is 2. The molecule has 1 aliphatic heterocycles. The average molecular weight is 366 g/mol. The van der Waals surface area contributed by atoms with E-state index in [0.717, 1.165) is 31.6 Å². The number of para-hydroxylation sites is 1. The zero-order valence-electron chi connectivity index (χ0n) is 15.7. The monoisotopic (exact) mass is 366 g/mol. The van der Waals surface area contributed by atoms with E-state index in [-0.39, 0.29) is 24.3 Å². The summed E-state index contributed by atoms with van der Waals surface area (Å²) in [5.74, 6) is -0.191. The molecule has 0 aliphatic carbocycles. The predicted octanol–water partition coefficient (Wildman–Crippen LogP) is 3.51. The van der Waals surface area contributed by atoms with Crippen molar-refractivity contribution in [3.8, 4) is 0 Å². The summed E-state index contributed by atoms with van der Waals surface area (Å²) < 4.78 is 5.75. The Labute approximate surface area is 160 Å². The summed E-state index contributed by atoms with van der Waals surface area (Å²) in [7, 11) is 0. The molecule has 0 spiro atoms. The molecule has 1 N–H and O–H groups in total. The normalized spacial score (nSPS) is 16.4. The van der Waals surface area contributed by atoms with E-state index in [1.54, 1.807) is 18.2 Å². The summed E-state index contributed by atoms with van der Waals surface area (Å²) in [5, 5.41) is 2.89. The topological polar surface area (TPSA) is 58.6 Å². The molecular formula is C22H26N2O3. The van der Waals surface area contributed by atoms with Crippen molar-refractivity contribution in [2.24, 2.45) is 0 Å². The van der Waals surface area contributed by atoms with Crippen molar-refractivity contribution in [2.75, 3.05) is 25.0 Å². The Bertz CT molecular complexity index is 770. The molecule has 2 aromatic rings. The van der Waals surface area contributed by atoms with Crippen LogP contribution in [0.5, 0.6) is 0 Å². The Morgan fingerprint density at radius 3 is 2.56 bits per heavy atom. The number of nitrogens with one attached hydrogen (secondary N) is 1. The number of carbonyl (C=O) groups is 2. The lowest BCUT2D eigenvalue weighted by Gasteiger charge is -2.25. The molecule has 0 radical (unpaired) electrons. The molecule has 1 heterocycles. The number of nitrogens with zero attached hydrogens (tertiary/aromatic N) is 1. The van der Waals surface area contributed by atoms with E-state index in [4.69, 9.17) is 4.74 Å². The van der Waals surface area contributed by atoms with E-state index in [0.29, 0.717) is 17.8 Å². The lowest BCUT2D eigenvalue weighted by molar-refractivity contribution is -0.117. The van der Waals surface area contributed by atoms with Crippen molar-refractivity contribution in [2.45, 2.75) is 32.4 Å². The first kappa shape index (κ1) is 19.3. The highest BCUT2D eigenvalue weighted by Crippen LogP contribution is 2.17. The highest BCUT2D eigenvalue weighted by molar-refractivity contribution is 6.04. The maximum absolute atomic E-state index is 12.7. The molecule has 27 heavy (non-hydrogen) atoms. The van der Waals surface area contributed by atoms with Crippen molar-refractivity contribution in [3.63, 3.8) is 0 Å². The second-order valence-corrected chi connectivity index (χ2v) is 6.94. The van der Waals surface area contributed by atoms with Crippen molar-refractivity contribution in [1.29, 1.82) is 0 Å². The molecule has 1 unspecified atom stereocenters. The van der Waals surface area contributed by atoms with Crippen LogP contribution in [-0.4, -0.2) is 42.4 Å². The van der Waals surface area contributed by atoms with Gasteiger partial charge >= 0.3 is 0 Å². The number of amides is 1. The quantitative estimate of drug-likeness (QED) is 0.727. The number of benzene rings is 2. The smallest absolute Gasteiger partial charge is 0.238 e. The maximum Gasteiger partial charge on any atom is 0.238 e. The van der Waals surface area contributed by atoms with Gasteiger partial charge in [0, 0.05) is 25.3 Å². The van der Waals surface area contributed by atoms with Crippen molar-refractivity contribution in [1.82, 2.24) is 4.90 Å². The third-order valence-electron chi connectivity index (χ3n) is 4.68. The van der Waals surface area contributed by atoms with Gasteiger partial charge in [-0.2, -0.15) is 0 Å². The lowest BCUT2D eigenvalue weighted by Crippen LogP contribution is -2.38. The van der Waals surface area contributed by atoms with Crippen molar-refractivity contribution >= 4 is 17.4 Å². The number of hydrogen-bond acceptors (Lipinski definition) is 4. The Hall–Kier alpha value is -2.50. The van der Waals surface area contributed by atoms with Crippen LogP contribution >= 0.6 is 0 Å². The molecule has 2 aromatic carbocycles. The Balaban J connectivity index is 1.67. The number of ketones is 1. The second-order valence-electron chi connectivity index (χ2n) is 6.94. The standard InChI is InChI=1S/C22H26N2O3/c1-17(25)20-11-5-6-12-21(20)23-22(26)16-24(15-19-10-7-13-27-19)14-18-8-3-2-4-9-18/h2-6,8-9,11-12,19H,7,10,13-16H2,1H3,(H,23,26). The fraction of sp³-hybridized carbons (Fsp3) is 0.364. The minimum atomic E-state index is -0.127. The van der Waals surface area contributed by atoms with Gasteiger partial charge in [0.05, 0.1) is 18.3 Å². The zero-order chi connectivity index (χ0) is 19.1. The second kappa shape index (κ2) is 9.44. The van der Waals surface area contributed by atoms with Gasteiger partial charge in [-0.3, -0.25) is 14.5 Å². The Morgan fingerprint density at radius 1 is 1.11 bits per heavy atom. The predicted molar refractivity (Wildman–Crippen MR) is 106 cm³/mol. The molecule has 5 nitrogen and oxygen atoms in total. The molecule has 0 saturated carbocycles. The first-order chi connectivity index (χ1) is 13.1. The number of rotatable bonds is 8. The van der Waals surface area contributed by atoms with Gasteiger partial charge in [0.1, 0.15) is 0 Å². The van der Waals surface area contributed by atoms with Gasteiger partial charge in [0.15, 0.2) is 5.78 Å². The van der Waals surface area contributed by atoms with E-state index < -0.39 is 0 Å². The molecule has 1 atom stereocenters. The van der Waals surface area contributed by atoms with Gasteiger partial charge in [-0.1, -0.05) is 42.5 Å². The van der Waals surface area contributed by atoms with E-state index in [1.165, 1.54) is 6.92 Å². The first-order valence-electron chi connectivity index (χ1n) is 9.39. The van der Waals surface area contributed by atoms with Crippen LogP contribution in [0.25, 0.3) is 0 Å². The zero-order valence-corrected chi connectivity index (χ0v) is 15.7. The van der Waals surface area contributed by atoms with Crippen molar-refractivity contribution < 1.29 is 14.3 Å². The molecule has 0 aromatic heterocycles. The fourth-order valence-corrected chi connectivity index (χ4v) is 3.39. The fourth-order valence-electron chi connectivity index (χ4n) is 3.39. The largest absolute Gasteiger partial charge is 0.377 e. The molecule has 1 aliphatic rings.